The number of rotatable bonds is 0. The molecule has 4 aliphatic carbocycles. The first-order valence-electron chi connectivity index (χ1n) is 6.31. The second-order valence-corrected chi connectivity index (χ2v) is 5.99. The van der Waals surface area contributed by atoms with E-state index in [4.69, 9.17) is 0 Å². The summed E-state index contributed by atoms with van der Waals surface area (Å²) in [5, 5.41) is 0. The monoisotopic (exact) mass is 198 g/mol. The van der Waals surface area contributed by atoms with Gasteiger partial charge in [-0.1, -0.05) is 35.5 Å². The van der Waals surface area contributed by atoms with Crippen molar-refractivity contribution in [2.24, 2.45) is 35.5 Å². The second kappa shape index (κ2) is 2.48. The van der Waals surface area contributed by atoms with Crippen LogP contribution in [0.2, 0.25) is 0 Å². The summed E-state index contributed by atoms with van der Waals surface area (Å²) in [5.41, 5.74) is 3.37. The van der Waals surface area contributed by atoms with Crippen LogP contribution in [0.1, 0.15) is 20.3 Å². The first kappa shape index (κ1) is 8.38. The minimum absolute atomic E-state index is 0.810. The Morgan fingerprint density at radius 1 is 0.933 bits per heavy atom. The third-order valence-electron chi connectivity index (χ3n) is 5.23. The summed E-state index contributed by atoms with van der Waals surface area (Å²) in [6.07, 6.45) is 11.5. The molecule has 0 aliphatic heterocycles. The molecule has 0 saturated heterocycles. The van der Waals surface area contributed by atoms with Crippen LogP contribution >= 0.6 is 0 Å². The summed E-state index contributed by atoms with van der Waals surface area (Å²) in [6.45, 7) is 4.61. The van der Waals surface area contributed by atoms with Crippen LogP contribution in [0.5, 0.6) is 0 Å². The van der Waals surface area contributed by atoms with Gasteiger partial charge in [-0.2, -0.15) is 0 Å². The lowest BCUT2D eigenvalue weighted by molar-refractivity contribution is 0.290. The van der Waals surface area contributed by atoms with E-state index in [1.54, 1.807) is 11.1 Å². The zero-order chi connectivity index (χ0) is 10.2. The minimum atomic E-state index is 0.810. The van der Waals surface area contributed by atoms with Gasteiger partial charge in [0.15, 0.2) is 0 Å². The Kier molecular flexibility index (Phi) is 1.39. The van der Waals surface area contributed by atoms with Crippen molar-refractivity contribution >= 4 is 0 Å². The van der Waals surface area contributed by atoms with E-state index in [0.29, 0.717) is 0 Å². The lowest BCUT2D eigenvalue weighted by atomic mass is 9.76. The topological polar surface area (TPSA) is 0 Å². The summed E-state index contributed by atoms with van der Waals surface area (Å²) in [6, 6.07) is 0. The summed E-state index contributed by atoms with van der Waals surface area (Å²) in [7, 11) is 0. The Labute approximate surface area is 91.8 Å². The third-order valence-corrected chi connectivity index (χ3v) is 5.23. The van der Waals surface area contributed by atoms with Crippen molar-refractivity contribution in [1.29, 1.82) is 0 Å². The highest BCUT2D eigenvalue weighted by atomic mass is 14.6. The lowest BCUT2D eigenvalue weighted by Crippen LogP contribution is -2.23. The molecule has 2 saturated carbocycles. The molecule has 0 amide bonds. The Hall–Kier alpha value is -0.780. The molecule has 0 radical (unpaired) electrons. The van der Waals surface area contributed by atoms with Crippen LogP contribution in [0.25, 0.3) is 0 Å². The van der Waals surface area contributed by atoms with Crippen LogP contribution in [0.3, 0.4) is 0 Å². The second-order valence-electron chi connectivity index (χ2n) is 5.99. The Bertz CT molecular complexity index is 376. The third kappa shape index (κ3) is 0.814. The molecule has 0 unspecified atom stereocenters. The molecule has 0 N–H and O–H groups in total. The van der Waals surface area contributed by atoms with Gasteiger partial charge in [0.25, 0.3) is 0 Å². The van der Waals surface area contributed by atoms with Gasteiger partial charge in [-0.05, 0) is 43.9 Å². The SMILES string of the molecule is CC(C)=C1[C@H]2C=C[C@@H]1[C@H]1[C@@H]2[C@H]2C=C[C@@H]1C2. The quantitative estimate of drug-likeness (QED) is 0.412. The van der Waals surface area contributed by atoms with E-state index in [2.05, 4.69) is 38.2 Å². The molecule has 0 spiro atoms. The van der Waals surface area contributed by atoms with Gasteiger partial charge in [0.2, 0.25) is 0 Å². The number of hydrogen-bond acceptors (Lipinski definition) is 0. The molecule has 0 heterocycles. The fraction of sp³-hybridized carbons (Fsp3) is 0.600. The van der Waals surface area contributed by atoms with Crippen molar-refractivity contribution < 1.29 is 0 Å². The van der Waals surface area contributed by atoms with Crippen LogP contribution in [0.15, 0.2) is 35.5 Å². The van der Waals surface area contributed by atoms with Crippen molar-refractivity contribution in [1.82, 2.24) is 0 Å². The van der Waals surface area contributed by atoms with Gasteiger partial charge in [-0.25, -0.2) is 0 Å². The first-order valence-corrected chi connectivity index (χ1v) is 6.31. The highest BCUT2D eigenvalue weighted by molar-refractivity contribution is 5.42. The summed E-state index contributed by atoms with van der Waals surface area (Å²) in [4.78, 5) is 0. The van der Waals surface area contributed by atoms with Crippen LogP contribution in [0.4, 0.5) is 0 Å². The number of fused-ring (bicyclic) bond motifs is 9. The molecule has 15 heavy (non-hydrogen) atoms. The zero-order valence-corrected chi connectivity index (χ0v) is 9.48. The Balaban J connectivity index is 1.86. The smallest absolute Gasteiger partial charge is 0.00225 e. The van der Waals surface area contributed by atoms with Crippen LogP contribution in [-0.4, -0.2) is 0 Å². The van der Waals surface area contributed by atoms with Crippen molar-refractivity contribution in [3.05, 3.63) is 35.5 Å². The summed E-state index contributed by atoms with van der Waals surface area (Å²) in [5.74, 6) is 5.39. The maximum Gasteiger partial charge on any atom is 0.00225 e. The number of hydrogen-bond donors (Lipinski definition) is 0. The largest absolute Gasteiger partial charge is 0.0848 e. The molecular formula is C15H18. The fourth-order valence-corrected chi connectivity index (χ4v) is 4.92. The lowest BCUT2D eigenvalue weighted by Gasteiger charge is -2.27. The highest BCUT2D eigenvalue weighted by Gasteiger charge is 2.58. The maximum absolute atomic E-state index is 2.50. The normalized spacial score (nSPS) is 53.1. The van der Waals surface area contributed by atoms with Crippen LogP contribution < -0.4 is 0 Å². The first-order chi connectivity index (χ1) is 7.27. The molecule has 2 fully saturated rings. The molecule has 0 aromatic rings. The van der Waals surface area contributed by atoms with E-state index in [1.807, 2.05) is 0 Å². The van der Waals surface area contributed by atoms with Gasteiger partial charge in [-0.3, -0.25) is 0 Å². The fourth-order valence-electron chi connectivity index (χ4n) is 4.92. The van der Waals surface area contributed by atoms with Crippen LogP contribution in [-0.2, 0) is 0 Å². The molecule has 0 heteroatoms. The van der Waals surface area contributed by atoms with Crippen molar-refractivity contribution in [3.63, 3.8) is 0 Å². The summed E-state index contributed by atoms with van der Waals surface area (Å²) >= 11 is 0. The minimum Gasteiger partial charge on any atom is -0.0848 e. The predicted molar refractivity (Wildman–Crippen MR) is 62.2 cm³/mol. The molecule has 0 aromatic heterocycles. The van der Waals surface area contributed by atoms with Crippen molar-refractivity contribution in [3.8, 4) is 0 Å². The molecule has 0 aromatic carbocycles. The average molecular weight is 198 g/mol. The van der Waals surface area contributed by atoms with Gasteiger partial charge in [0.1, 0.15) is 0 Å². The molecular weight excluding hydrogens is 180 g/mol. The molecule has 78 valence electrons. The molecule has 4 rings (SSSR count). The van der Waals surface area contributed by atoms with Gasteiger partial charge in [0.05, 0.1) is 0 Å². The van der Waals surface area contributed by atoms with Crippen molar-refractivity contribution in [2.45, 2.75) is 20.3 Å². The Morgan fingerprint density at radius 2 is 1.47 bits per heavy atom. The molecule has 4 aliphatic rings. The molecule has 0 nitrogen and oxygen atoms in total. The standard InChI is InChI=1S/C15H18/c1-8(2)13-11-5-6-12(13)15-10-4-3-9(7-10)14(11)15/h3-6,9-12,14-15H,7H2,1-2H3/t9-,10+,11+,12-,14+,15-. The van der Waals surface area contributed by atoms with E-state index >= 15 is 0 Å². The average Bonchev–Trinajstić information content (AvgIpc) is 2.95. The van der Waals surface area contributed by atoms with Gasteiger partial charge in [-0.15, -0.1) is 0 Å². The molecule has 4 bridgehead atoms. The zero-order valence-electron chi connectivity index (χ0n) is 9.48. The van der Waals surface area contributed by atoms with E-state index in [0.717, 1.165) is 35.5 Å². The van der Waals surface area contributed by atoms with Crippen LogP contribution in [0, 0.1) is 35.5 Å². The van der Waals surface area contributed by atoms with E-state index in [9.17, 15) is 0 Å². The summed E-state index contributed by atoms with van der Waals surface area (Å²) < 4.78 is 0. The highest BCUT2D eigenvalue weighted by Crippen LogP contribution is 2.65. The molecule has 6 atom stereocenters. The van der Waals surface area contributed by atoms with E-state index < -0.39 is 0 Å². The van der Waals surface area contributed by atoms with Gasteiger partial charge >= 0.3 is 0 Å². The van der Waals surface area contributed by atoms with Crippen molar-refractivity contribution in [2.75, 3.05) is 0 Å². The number of allylic oxidation sites excluding steroid dienone is 6. The van der Waals surface area contributed by atoms with E-state index in [1.165, 1.54) is 6.42 Å². The maximum atomic E-state index is 2.50. The van der Waals surface area contributed by atoms with Gasteiger partial charge in [0, 0.05) is 11.8 Å². The van der Waals surface area contributed by atoms with E-state index in [-0.39, 0.29) is 0 Å². The Morgan fingerprint density at radius 3 is 1.93 bits per heavy atom. The van der Waals surface area contributed by atoms with Gasteiger partial charge < -0.3 is 0 Å². The predicted octanol–water partition coefficient (Wildman–Crippen LogP) is 3.58.